The molecule has 4 aliphatic carbocycles. The number of aromatic nitrogens is 16. The highest BCUT2D eigenvalue weighted by Gasteiger charge is 2.34. The molecule has 0 aliphatic heterocycles. The lowest BCUT2D eigenvalue weighted by molar-refractivity contribution is -0.118. The SMILES string of the molecule is C#Cc1ccc2[nH]nc(-c3cc(O[C@H](C)[C@H]4CCC(=O)C4)c4cn(C)nc4c3)c2c1.C[C@@H](Oc1cc(-c2ccn(C)n2)cc2nn(C)cc12)[C@H]1CCC(=O)C1.C[C@@H](Oc1cc(-c2cnn(C(C)(C)C)c2)cc2nn(C)cc12)[C@H]1CCC(=O)C1.C[C@@H](Oc1cc(-c2cnn(CCC(C)(F)F)c2)cc2nn(C)cc12)[C@H]1CCC(=O)C1. The van der Waals surface area contributed by atoms with Crippen LogP contribution in [0.1, 0.15) is 144 Å². The largest absolute Gasteiger partial charge is 0.490 e. The van der Waals surface area contributed by atoms with Gasteiger partial charge >= 0.3 is 0 Å². The predicted octanol–water partition coefficient (Wildman–Crippen LogP) is 16.3. The number of nitrogens with zero attached hydrogens (tertiary/aromatic N) is 15. The third-order valence-corrected chi connectivity index (χ3v) is 22.2. The van der Waals surface area contributed by atoms with E-state index in [1.165, 1.54) is 4.68 Å². The van der Waals surface area contributed by atoms with Crippen molar-refractivity contribution in [2.45, 2.75) is 181 Å². The molecule has 8 atom stereocenters. The molecule has 1 N–H and O–H groups in total. The third kappa shape index (κ3) is 18.1. The lowest BCUT2D eigenvalue weighted by Gasteiger charge is -2.21. The van der Waals surface area contributed by atoms with Gasteiger partial charge in [0.15, 0.2) is 0 Å². The van der Waals surface area contributed by atoms with Crippen LogP contribution in [0.3, 0.4) is 0 Å². The van der Waals surface area contributed by atoms with Crippen molar-refractivity contribution in [1.82, 2.24) is 78.7 Å². The fraction of sp³-hybridized carbons (Fsp3) is 0.425. The first-order valence-corrected chi connectivity index (χ1v) is 38.9. The van der Waals surface area contributed by atoms with Crippen molar-refractivity contribution in [1.29, 1.82) is 0 Å². The Morgan fingerprint density at radius 1 is 0.478 bits per heavy atom. The van der Waals surface area contributed by atoms with Crippen LogP contribution in [0, 0.1) is 36.0 Å². The Bertz CT molecular complexity index is 5750. The smallest absolute Gasteiger partial charge is 0.247 e. The molecule has 13 aromatic rings. The quantitative estimate of drug-likeness (QED) is 0.0738. The summed E-state index contributed by atoms with van der Waals surface area (Å²) in [4.78, 5) is 46.6. The van der Waals surface area contributed by atoms with E-state index in [2.05, 4.69) is 105 Å². The van der Waals surface area contributed by atoms with Crippen LogP contribution >= 0.6 is 0 Å². The number of halogens is 2. The molecule has 4 aliphatic rings. The fourth-order valence-corrected chi connectivity index (χ4v) is 15.7. The number of Topliss-reactive ketones (excluding diaryl/α,β-unsaturated/α-hetero) is 4. The first kappa shape index (κ1) is 78.1. The van der Waals surface area contributed by atoms with Gasteiger partial charge in [-0.15, -0.1) is 6.42 Å². The molecule has 0 saturated heterocycles. The summed E-state index contributed by atoms with van der Waals surface area (Å²) < 4.78 is 64.1. The van der Waals surface area contributed by atoms with Crippen molar-refractivity contribution in [3.63, 3.8) is 0 Å². The highest BCUT2D eigenvalue weighted by molar-refractivity contribution is 5.98. The highest BCUT2D eigenvalue weighted by atomic mass is 19.3. The molecule has 0 unspecified atom stereocenters. The van der Waals surface area contributed by atoms with Crippen LogP contribution in [0.25, 0.3) is 99.3 Å². The van der Waals surface area contributed by atoms with Gasteiger partial charge in [-0.1, -0.05) is 5.92 Å². The molecule has 0 bridgehead atoms. The molecule has 4 fully saturated rings. The number of hydrogen-bond donors (Lipinski definition) is 1. The third-order valence-electron chi connectivity index (χ3n) is 22.2. The summed E-state index contributed by atoms with van der Waals surface area (Å²) in [5.74, 6) is 5.37. The summed E-state index contributed by atoms with van der Waals surface area (Å²) in [6.45, 7) is 15.6. The van der Waals surface area contributed by atoms with Gasteiger partial charge in [0.1, 0.15) is 51.8 Å². The monoisotopic (exact) mass is 1530 g/mol. The number of nitrogens with one attached hydrogen (secondary N) is 1. The van der Waals surface area contributed by atoms with Crippen LogP contribution in [-0.2, 0) is 66.5 Å². The maximum atomic E-state index is 13.2. The van der Waals surface area contributed by atoms with Gasteiger partial charge in [-0.05, 0) is 165 Å². The summed E-state index contributed by atoms with van der Waals surface area (Å²) in [6.07, 6.45) is 30.9. The summed E-state index contributed by atoms with van der Waals surface area (Å²) >= 11 is 0. The van der Waals surface area contributed by atoms with Gasteiger partial charge in [-0.25, -0.2) is 8.78 Å². The van der Waals surface area contributed by atoms with Gasteiger partial charge < -0.3 is 18.9 Å². The standard InChI is InChI=1S/C24H22N4O2.C22H26F2N4O2.C22H28N4O2.C19H22N4O2/c1-4-15-5-8-21-19(9-15)24(26-25-21)17-11-22-20(13-28(3)27-22)23(12-17)30-14(2)16-6-7-18(29)10-16;1-14(15-4-5-18(29)8-15)30-21-10-16(9-20-19(21)13-27(3)26-20)17-11-25-28(12-17)7-6-22(2,23)24;1-14(15-6-7-18(27)8-15)28-21-10-16(9-20-19(21)13-25(5)24-20)17-11-23-26(12-17)22(2,3)4;1-12(13-4-5-15(24)8-13)25-19-10-14(17-6-7-22(2)20-17)9-18-16(19)11-23(3)21-18/h1,5,8-9,11-14,16H,6-7,10H2,2-3H3,(H,25,26);9-15H,4-8H2,1-3H3;9-15H,6-8H2,1-5H3;6-7,9-13H,4-5,8H2,1-3H3/t14-,16+;2*14-,15+;12-,13+/m1111/s1. The zero-order valence-electron chi connectivity index (χ0n) is 66.5. The Morgan fingerprint density at radius 3 is 1.26 bits per heavy atom. The van der Waals surface area contributed by atoms with Crippen molar-refractivity contribution in [3.8, 4) is 80.1 Å². The molecular weight excluding hydrogens is 1440 g/mol. The summed E-state index contributed by atoms with van der Waals surface area (Å²) in [6, 6.07) is 23.9. The number of terminal acetylenes is 1. The van der Waals surface area contributed by atoms with E-state index in [1.54, 1.807) is 31.1 Å². The molecule has 26 heteroatoms. The minimum absolute atomic E-state index is 0.00570. The number of fused-ring (bicyclic) bond motifs is 5. The van der Waals surface area contributed by atoms with Crippen LogP contribution in [0.4, 0.5) is 8.78 Å². The van der Waals surface area contributed by atoms with Crippen LogP contribution in [0.2, 0.25) is 0 Å². The minimum Gasteiger partial charge on any atom is -0.490 e. The van der Waals surface area contributed by atoms with Gasteiger partial charge in [-0.3, -0.25) is 57.0 Å². The summed E-state index contributed by atoms with van der Waals surface area (Å²) in [5, 5.41) is 43.8. The van der Waals surface area contributed by atoms with Gasteiger partial charge in [0.2, 0.25) is 5.92 Å². The fourth-order valence-electron chi connectivity index (χ4n) is 15.7. The second kappa shape index (κ2) is 32.2. The highest BCUT2D eigenvalue weighted by Crippen LogP contribution is 2.42. The number of H-pyrrole nitrogens is 1. The van der Waals surface area contributed by atoms with Crippen molar-refractivity contribution < 1.29 is 46.9 Å². The summed E-state index contributed by atoms with van der Waals surface area (Å²) in [5.41, 5.74) is 12.4. The number of ether oxygens (including phenoxy) is 4. The van der Waals surface area contributed by atoms with Crippen molar-refractivity contribution in [2.24, 2.45) is 58.9 Å². The van der Waals surface area contributed by atoms with E-state index in [-0.39, 0.29) is 66.6 Å². The first-order valence-electron chi connectivity index (χ1n) is 38.9. The first-order chi connectivity index (χ1) is 53.9. The molecule has 113 heavy (non-hydrogen) atoms. The Balaban J connectivity index is 0.000000125. The van der Waals surface area contributed by atoms with Gasteiger partial charge in [-0.2, -0.15) is 40.8 Å². The number of ketones is 4. The van der Waals surface area contributed by atoms with Crippen molar-refractivity contribution >= 4 is 77.6 Å². The Kier molecular flexibility index (Phi) is 22.3. The average Bonchev–Trinajstić information content (AvgIpc) is 1.68. The lowest BCUT2D eigenvalue weighted by Crippen LogP contribution is -2.22. The van der Waals surface area contributed by atoms with E-state index >= 15 is 0 Å². The Labute approximate surface area is 654 Å². The number of benzene rings is 5. The Hall–Kier alpha value is -11.6. The molecule has 8 heterocycles. The second-order valence-electron chi connectivity index (χ2n) is 32.3. The van der Waals surface area contributed by atoms with Crippen LogP contribution < -0.4 is 18.9 Å². The number of carbonyl (C=O) groups is 4. The summed E-state index contributed by atoms with van der Waals surface area (Å²) in [7, 11) is 9.47. The maximum Gasteiger partial charge on any atom is 0.247 e. The van der Waals surface area contributed by atoms with E-state index in [4.69, 9.17) is 25.4 Å². The number of rotatable bonds is 19. The van der Waals surface area contributed by atoms with Crippen LogP contribution in [-0.4, -0.2) is 132 Å². The average molecular weight is 1530 g/mol. The number of carbonyl (C=O) groups excluding carboxylic acids is 4. The van der Waals surface area contributed by atoms with Crippen LogP contribution in [0.15, 0.2) is 129 Å². The normalized spacial score (nSPS) is 18.3. The molecule has 588 valence electrons. The zero-order valence-corrected chi connectivity index (χ0v) is 66.5. The molecule has 0 amide bonds. The molecule has 0 radical (unpaired) electrons. The van der Waals surface area contributed by atoms with E-state index in [0.29, 0.717) is 80.2 Å². The van der Waals surface area contributed by atoms with E-state index in [1.807, 2.05) is 156 Å². The zero-order chi connectivity index (χ0) is 79.9. The number of hydrogen-bond acceptors (Lipinski definition) is 16. The molecule has 5 aromatic carbocycles. The van der Waals surface area contributed by atoms with E-state index in [9.17, 15) is 28.0 Å². The molecule has 0 spiro atoms. The second-order valence-corrected chi connectivity index (χ2v) is 32.3. The van der Waals surface area contributed by atoms with Crippen molar-refractivity contribution in [3.05, 3.63) is 134 Å². The lowest BCUT2D eigenvalue weighted by atomic mass is 10.0. The van der Waals surface area contributed by atoms with Crippen LogP contribution in [0.5, 0.6) is 23.0 Å². The predicted molar refractivity (Wildman–Crippen MR) is 431 cm³/mol. The van der Waals surface area contributed by atoms with Gasteiger partial charge in [0.25, 0.3) is 0 Å². The number of aromatic amines is 1. The van der Waals surface area contributed by atoms with E-state index < -0.39 is 5.92 Å². The molecule has 4 saturated carbocycles. The van der Waals surface area contributed by atoms with E-state index in [0.717, 1.165) is 155 Å². The topological polar surface area (TPSA) is 259 Å². The minimum atomic E-state index is -2.72. The van der Waals surface area contributed by atoms with Gasteiger partial charge in [0, 0.05) is 200 Å². The molecule has 8 aromatic heterocycles. The Morgan fingerprint density at radius 2 is 0.876 bits per heavy atom. The molecule has 24 nitrogen and oxygen atoms in total. The number of aryl methyl sites for hydroxylation is 6. The maximum absolute atomic E-state index is 13.2. The van der Waals surface area contributed by atoms with Gasteiger partial charge in [0.05, 0.1) is 97.2 Å². The number of alkyl halides is 2. The molecule has 17 rings (SSSR count). The van der Waals surface area contributed by atoms with Crippen molar-refractivity contribution in [2.75, 3.05) is 0 Å². The molecular formula is C87H98F2N16O8.